The largest absolute Gasteiger partial charge is 0.504 e. The van der Waals surface area contributed by atoms with E-state index in [9.17, 15) is 0 Å². The Balaban J connectivity index is 2.19. The zero-order valence-corrected chi connectivity index (χ0v) is 10.7. The number of rotatable bonds is 4. The summed E-state index contributed by atoms with van der Waals surface area (Å²) in [6.07, 6.45) is 8.44. The van der Waals surface area contributed by atoms with Crippen LogP contribution in [-0.4, -0.2) is 30.1 Å². The highest BCUT2D eigenvalue weighted by Gasteiger charge is 2.53. The van der Waals surface area contributed by atoms with E-state index in [1.54, 1.807) is 21.3 Å². The lowest BCUT2D eigenvalue weighted by molar-refractivity contribution is 0.0910. The first-order valence-electron chi connectivity index (χ1n) is 5.59. The maximum Gasteiger partial charge on any atom is 0.504 e. The van der Waals surface area contributed by atoms with Gasteiger partial charge in [-0.1, -0.05) is 12.2 Å². The number of allylic oxidation sites excluding steroid dienone is 2. The van der Waals surface area contributed by atoms with Crippen molar-refractivity contribution in [3.8, 4) is 0 Å². The average Bonchev–Trinajstić information content (AvgIpc) is 2.34. The van der Waals surface area contributed by atoms with E-state index in [2.05, 4.69) is 12.2 Å². The molecule has 4 heteroatoms. The van der Waals surface area contributed by atoms with Gasteiger partial charge in [0.05, 0.1) is 0 Å². The maximum atomic E-state index is 5.59. The molecule has 0 aromatic carbocycles. The highest BCUT2D eigenvalue weighted by molar-refractivity contribution is 6.62. The number of hydrogen-bond acceptors (Lipinski definition) is 3. The second-order valence-corrected chi connectivity index (χ2v) is 7.62. The van der Waals surface area contributed by atoms with Gasteiger partial charge in [0.2, 0.25) is 0 Å². The Morgan fingerprint density at radius 3 is 2.00 bits per heavy atom. The highest BCUT2D eigenvalue weighted by Crippen LogP contribution is 2.49. The van der Waals surface area contributed by atoms with E-state index in [-0.39, 0.29) is 0 Å². The topological polar surface area (TPSA) is 27.7 Å². The highest BCUT2D eigenvalue weighted by atomic mass is 28.4. The zero-order valence-electron chi connectivity index (χ0n) is 9.73. The molecular formula is C11H20O3Si. The first kappa shape index (κ1) is 11.3. The van der Waals surface area contributed by atoms with E-state index in [1.165, 1.54) is 19.3 Å². The quantitative estimate of drug-likeness (QED) is 0.545. The molecule has 1 saturated carbocycles. The van der Waals surface area contributed by atoms with Crippen molar-refractivity contribution < 1.29 is 13.3 Å². The van der Waals surface area contributed by atoms with Gasteiger partial charge in [-0.05, 0) is 31.1 Å². The van der Waals surface area contributed by atoms with Crippen molar-refractivity contribution in [2.75, 3.05) is 21.3 Å². The molecule has 3 atom stereocenters. The third-order valence-corrected chi connectivity index (χ3v) is 7.16. The SMILES string of the molecule is CO[Si](OC)(OC)C1CC2C=CC1CC2. The third-order valence-electron chi connectivity index (χ3n) is 3.88. The Bertz CT molecular complexity index is 242. The molecule has 0 aliphatic heterocycles. The van der Waals surface area contributed by atoms with Crippen molar-refractivity contribution in [1.82, 2.24) is 0 Å². The summed E-state index contributed by atoms with van der Waals surface area (Å²) >= 11 is 0. The summed E-state index contributed by atoms with van der Waals surface area (Å²) in [4.78, 5) is 0. The van der Waals surface area contributed by atoms with Gasteiger partial charge in [-0.3, -0.25) is 0 Å². The Morgan fingerprint density at radius 1 is 1.00 bits per heavy atom. The summed E-state index contributed by atoms with van der Waals surface area (Å²) in [6, 6.07) is 0. The van der Waals surface area contributed by atoms with E-state index in [0.29, 0.717) is 17.4 Å². The van der Waals surface area contributed by atoms with Crippen LogP contribution in [0.25, 0.3) is 0 Å². The van der Waals surface area contributed by atoms with Crippen LogP contribution in [0.1, 0.15) is 19.3 Å². The molecule has 0 aromatic heterocycles. The van der Waals surface area contributed by atoms with Crippen molar-refractivity contribution in [2.24, 2.45) is 11.8 Å². The summed E-state index contributed by atoms with van der Waals surface area (Å²) in [5.74, 6) is 1.31. The molecule has 0 amide bonds. The van der Waals surface area contributed by atoms with E-state index in [0.717, 1.165) is 0 Å². The molecule has 2 bridgehead atoms. The van der Waals surface area contributed by atoms with Gasteiger partial charge in [0.25, 0.3) is 0 Å². The summed E-state index contributed by atoms with van der Waals surface area (Å²) < 4.78 is 16.8. The molecule has 0 saturated heterocycles. The van der Waals surface area contributed by atoms with E-state index >= 15 is 0 Å². The van der Waals surface area contributed by atoms with Crippen LogP contribution in [0, 0.1) is 11.8 Å². The predicted molar refractivity (Wildman–Crippen MR) is 60.5 cm³/mol. The molecule has 3 unspecified atom stereocenters. The molecular weight excluding hydrogens is 208 g/mol. The Kier molecular flexibility index (Phi) is 3.30. The summed E-state index contributed by atoms with van der Waals surface area (Å²) in [7, 11) is 2.72. The minimum absolute atomic E-state index is 0.459. The second kappa shape index (κ2) is 4.37. The van der Waals surface area contributed by atoms with Crippen LogP contribution in [-0.2, 0) is 13.3 Å². The molecule has 3 rings (SSSR count). The van der Waals surface area contributed by atoms with E-state index in [1.807, 2.05) is 0 Å². The molecule has 0 N–H and O–H groups in total. The summed E-state index contributed by atoms with van der Waals surface area (Å²) in [6.45, 7) is 0. The second-order valence-electron chi connectivity index (χ2n) is 4.44. The van der Waals surface area contributed by atoms with Crippen molar-refractivity contribution >= 4 is 8.80 Å². The van der Waals surface area contributed by atoms with E-state index in [4.69, 9.17) is 13.3 Å². The van der Waals surface area contributed by atoms with Crippen LogP contribution < -0.4 is 0 Å². The molecule has 15 heavy (non-hydrogen) atoms. The van der Waals surface area contributed by atoms with Crippen molar-refractivity contribution in [3.05, 3.63) is 12.2 Å². The van der Waals surface area contributed by atoms with Crippen LogP contribution in [0.15, 0.2) is 12.2 Å². The Hall–Kier alpha value is -0.163. The fourth-order valence-corrected chi connectivity index (χ4v) is 5.84. The zero-order chi connectivity index (χ0) is 10.9. The first-order chi connectivity index (χ1) is 7.25. The van der Waals surface area contributed by atoms with E-state index < -0.39 is 8.80 Å². The van der Waals surface area contributed by atoms with Crippen LogP contribution >= 0.6 is 0 Å². The minimum Gasteiger partial charge on any atom is -0.377 e. The Labute approximate surface area is 92.8 Å². The smallest absolute Gasteiger partial charge is 0.377 e. The first-order valence-corrected chi connectivity index (χ1v) is 7.39. The normalized spacial score (nSPS) is 34.7. The van der Waals surface area contributed by atoms with Gasteiger partial charge in [-0.15, -0.1) is 0 Å². The lowest BCUT2D eigenvalue weighted by Gasteiger charge is -2.43. The van der Waals surface area contributed by atoms with Gasteiger partial charge in [-0.2, -0.15) is 0 Å². The monoisotopic (exact) mass is 228 g/mol. The predicted octanol–water partition coefficient (Wildman–Crippen LogP) is 2.22. The fourth-order valence-electron chi connectivity index (χ4n) is 3.04. The van der Waals surface area contributed by atoms with Crippen LogP contribution in [0.4, 0.5) is 0 Å². The molecule has 0 radical (unpaired) electrons. The van der Waals surface area contributed by atoms with Crippen LogP contribution in [0.3, 0.4) is 0 Å². The Morgan fingerprint density at radius 2 is 1.67 bits per heavy atom. The van der Waals surface area contributed by atoms with Crippen LogP contribution in [0.2, 0.25) is 5.54 Å². The van der Waals surface area contributed by atoms with Crippen LogP contribution in [0.5, 0.6) is 0 Å². The number of hydrogen-bond donors (Lipinski definition) is 0. The summed E-state index contributed by atoms with van der Waals surface area (Å²) in [5.41, 5.74) is 0.459. The molecule has 1 fully saturated rings. The van der Waals surface area contributed by atoms with Crippen molar-refractivity contribution in [3.63, 3.8) is 0 Å². The lowest BCUT2D eigenvalue weighted by Crippen LogP contribution is -2.52. The molecule has 3 aliphatic carbocycles. The van der Waals surface area contributed by atoms with Crippen molar-refractivity contribution in [1.29, 1.82) is 0 Å². The minimum atomic E-state index is -2.42. The molecule has 3 nitrogen and oxygen atoms in total. The summed E-state index contributed by atoms with van der Waals surface area (Å²) in [5, 5.41) is 0. The molecule has 0 heterocycles. The third kappa shape index (κ3) is 1.80. The maximum absolute atomic E-state index is 5.59. The van der Waals surface area contributed by atoms with Gasteiger partial charge in [-0.25, -0.2) is 0 Å². The number of fused-ring (bicyclic) bond motifs is 2. The van der Waals surface area contributed by atoms with Gasteiger partial charge in [0.1, 0.15) is 0 Å². The fraction of sp³-hybridized carbons (Fsp3) is 0.818. The van der Waals surface area contributed by atoms with Crippen molar-refractivity contribution in [2.45, 2.75) is 24.8 Å². The molecule has 0 aromatic rings. The van der Waals surface area contributed by atoms with Gasteiger partial charge < -0.3 is 13.3 Å². The van der Waals surface area contributed by atoms with Gasteiger partial charge in [0, 0.05) is 26.9 Å². The lowest BCUT2D eigenvalue weighted by atomic mass is 9.76. The standard InChI is InChI=1S/C11H20O3Si/c1-12-15(13-2,14-3)11-8-9-4-6-10(11)7-5-9/h4,6,9-11H,5,7-8H2,1-3H3. The van der Waals surface area contributed by atoms with Gasteiger partial charge in [0.15, 0.2) is 0 Å². The molecule has 0 spiro atoms. The molecule has 86 valence electrons. The van der Waals surface area contributed by atoms with Gasteiger partial charge >= 0.3 is 8.80 Å². The molecule has 3 aliphatic rings. The average molecular weight is 228 g/mol.